The molecule has 7 heteroatoms. The largest absolute Gasteiger partial charge is 0.491 e. The van der Waals surface area contributed by atoms with Gasteiger partial charge in [-0.3, -0.25) is 0 Å². The average molecular weight is 272 g/mol. The van der Waals surface area contributed by atoms with Crippen molar-refractivity contribution >= 4 is 34.5 Å². The molecule has 0 spiro atoms. The van der Waals surface area contributed by atoms with Crippen LogP contribution in [0.1, 0.15) is 0 Å². The minimum Gasteiger partial charge on any atom is -0.431 e. The number of carbonyl (C=O) groups excluding carboxylic acids is 1. The number of hydrogen-bond acceptors (Lipinski definition) is 2. The monoisotopic (exact) mass is 272 g/mol. The van der Waals surface area contributed by atoms with Crippen LogP contribution in [0.4, 0.5) is 13.2 Å². The van der Waals surface area contributed by atoms with Gasteiger partial charge < -0.3 is 4.52 Å². The van der Waals surface area contributed by atoms with Crippen LogP contribution in [0.5, 0.6) is 0 Å². The van der Waals surface area contributed by atoms with Gasteiger partial charge in [-0.15, -0.1) is 0 Å². The summed E-state index contributed by atoms with van der Waals surface area (Å²) in [4.78, 5) is 9.72. The van der Waals surface area contributed by atoms with Crippen LogP contribution in [0.2, 0.25) is 0 Å². The fourth-order valence-electron chi connectivity index (χ4n) is 0.0929. The summed E-state index contributed by atoms with van der Waals surface area (Å²) in [5.41, 5.74) is 0. The van der Waals surface area contributed by atoms with Crippen LogP contribution in [0.3, 0.4) is 0 Å². The molecule has 1 unspecified atom stereocenters. The van der Waals surface area contributed by atoms with E-state index in [1.807, 2.05) is 0 Å². The second-order valence-corrected chi connectivity index (χ2v) is 2.64. The van der Waals surface area contributed by atoms with E-state index in [9.17, 15) is 18.0 Å². The van der Waals surface area contributed by atoms with Crippen molar-refractivity contribution in [3.8, 4) is 0 Å². The van der Waals surface area contributed by atoms with E-state index in [0.717, 1.165) is 0 Å². The Morgan fingerprint density at radius 3 is 2.11 bits per heavy atom. The maximum Gasteiger partial charge on any atom is 0.491 e. The first kappa shape index (κ1) is 9.42. The van der Waals surface area contributed by atoms with Gasteiger partial charge in [-0.1, -0.05) is 0 Å². The van der Waals surface area contributed by atoms with Crippen LogP contribution in [-0.4, -0.2) is 12.1 Å². The van der Waals surface area contributed by atoms with E-state index < -0.39 is 18.6 Å². The highest BCUT2D eigenvalue weighted by atomic mass is 127. The maximum atomic E-state index is 11.2. The molecule has 0 N–H and O–H groups in total. The molecular weight excluding hydrogens is 271 g/mol. The van der Waals surface area contributed by atoms with Gasteiger partial charge in [0, 0.05) is 0 Å². The second-order valence-electron chi connectivity index (χ2n) is 0.964. The normalized spacial score (nSPS) is 12.4. The van der Waals surface area contributed by atoms with Crippen molar-refractivity contribution in [2.75, 3.05) is 0 Å². The molecule has 1 atom stereocenters. The summed E-state index contributed by atoms with van der Waals surface area (Å²) >= 11 is 1.53. The Hall–Kier alpha value is 0.420. The number of alkyl halides is 3. The molecule has 0 aliphatic carbocycles. The van der Waals surface area contributed by atoms with Crippen LogP contribution >= 0.6 is 28.5 Å². The number of hydrogen-bond donors (Lipinski definition) is 0. The van der Waals surface area contributed by atoms with Crippen LogP contribution < -0.4 is 0 Å². The molecular formula is C2HF3IO2P. The lowest BCUT2D eigenvalue weighted by molar-refractivity contribution is -0.188. The predicted molar refractivity (Wildman–Crippen MR) is 34.5 cm³/mol. The Bertz CT molecular complexity index is 113. The fraction of sp³-hybridized carbons (Fsp3) is 0.500. The van der Waals surface area contributed by atoms with Gasteiger partial charge in [0.1, 0.15) is 6.45 Å². The lowest BCUT2D eigenvalue weighted by Crippen LogP contribution is -2.22. The topological polar surface area (TPSA) is 26.3 Å². The summed E-state index contributed by atoms with van der Waals surface area (Å²) in [7, 11) is 0. The maximum absolute atomic E-state index is 11.2. The molecule has 0 heterocycles. The summed E-state index contributed by atoms with van der Waals surface area (Å²) in [6.45, 7) is -0.488. The van der Waals surface area contributed by atoms with Gasteiger partial charge in [0.15, 0.2) is 0 Å². The average Bonchev–Trinajstić information content (AvgIpc) is 1.64. The third kappa shape index (κ3) is 3.91. The lowest BCUT2D eigenvalue weighted by Gasteiger charge is -2.01. The Kier molecular flexibility index (Phi) is 3.72. The molecule has 0 aromatic heterocycles. The van der Waals surface area contributed by atoms with E-state index in [1.54, 1.807) is 0 Å². The van der Waals surface area contributed by atoms with Crippen molar-refractivity contribution in [2.24, 2.45) is 0 Å². The summed E-state index contributed by atoms with van der Waals surface area (Å²) in [5, 5.41) is 0. The number of halogens is 4. The molecule has 54 valence electrons. The molecule has 0 saturated carbocycles. The van der Waals surface area contributed by atoms with Crippen molar-refractivity contribution in [1.82, 2.24) is 0 Å². The van der Waals surface area contributed by atoms with Gasteiger partial charge in [-0.2, -0.15) is 13.2 Å². The highest BCUT2D eigenvalue weighted by Gasteiger charge is 2.40. The number of carbonyl (C=O) groups is 1. The quantitative estimate of drug-likeness (QED) is 0.539. The van der Waals surface area contributed by atoms with Crippen LogP contribution in [0.25, 0.3) is 0 Å². The van der Waals surface area contributed by atoms with E-state index in [4.69, 9.17) is 0 Å². The van der Waals surface area contributed by atoms with Crippen LogP contribution in [0.15, 0.2) is 0 Å². The first-order valence-electron chi connectivity index (χ1n) is 1.62. The Morgan fingerprint density at radius 2 is 2.00 bits per heavy atom. The van der Waals surface area contributed by atoms with E-state index >= 15 is 0 Å². The van der Waals surface area contributed by atoms with Crippen molar-refractivity contribution in [3.05, 3.63) is 0 Å². The van der Waals surface area contributed by atoms with Crippen molar-refractivity contribution < 1.29 is 22.5 Å². The molecule has 0 amide bonds. The molecule has 0 saturated heterocycles. The van der Waals surface area contributed by atoms with Crippen LogP contribution in [-0.2, 0) is 9.32 Å². The van der Waals surface area contributed by atoms with Crippen molar-refractivity contribution in [1.29, 1.82) is 0 Å². The molecule has 0 fully saturated rings. The molecule has 9 heavy (non-hydrogen) atoms. The van der Waals surface area contributed by atoms with Gasteiger partial charge >= 0.3 is 12.1 Å². The zero-order chi connectivity index (χ0) is 7.49. The van der Waals surface area contributed by atoms with Crippen molar-refractivity contribution in [2.45, 2.75) is 6.18 Å². The number of rotatable bonds is 1. The van der Waals surface area contributed by atoms with E-state index in [0.29, 0.717) is 0 Å². The standard InChI is InChI=1S/C2HF3IO2P/c3-2(4,5)1(7)8-9-6/h9H. The molecule has 0 aromatic rings. The Morgan fingerprint density at radius 1 is 1.56 bits per heavy atom. The SMILES string of the molecule is O=C(OPI)C(F)(F)F. The molecule has 0 aromatic carbocycles. The van der Waals surface area contributed by atoms with Gasteiger partial charge in [-0.25, -0.2) is 4.79 Å². The Balaban J connectivity index is 3.74. The summed E-state index contributed by atoms with van der Waals surface area (Å²) in [6, 6.07) is 0. The third-order valence-corrected chi connectivity index (χ3v) is 1.29. The fourth-order valence-corrected chi connectivity index (χ4v) is 0.879. The predicted octanol–water partition coefficient (Wildman–Crippen LogP) is 2.04. The van der Waals surface area contributed by atoms with E-state index in [1.165, 1.54) is 22.0 Å². The molecule has 0 rings (SSSR count). The Labute approximate surface area is 63.5 Å². The van der Waals surface area contributed by atoms with Crippen molar-refractivity contribution in [3.63, 3.8) is 0 Å². The van der Waals surface area contributed by atoms with Gasteiger partial charge in [0.2, 0.25) is 0 Å². The summed E-state index contributed by atoms with van der Waals surface area (Å²) in [5.74, 6) is -2.13. The molecule has 0 radical (unpaired) electrons. The first-order chi connectivity index (χ1) is 3.98. The van der Waals surface area contributed by atoms with E-state index in [-0.39, 0.29) is 0 Å². The zero-order valence-electron chi connectivity index (χ0n) is 3.83. The zero-order valence-corrected chi connectivity index (χ0v) is 6.99. The molecule has 0 bridgehead atoms. The minimum atomic E-state index is -4.85. The summed E-state index contributed by atoms with van der Waals surface area (Å²) < 4.78 is 37.1. The van der Waals surface area contributed by atoms with Crippen LogP contribution in [0, 0.1) is 0 Å². The molecule has 0 aliphatic heterocycles. The van der Waals surface area contributed by atoms with Gasteiger partial charge in [0.05, 0.1) is 0 Å². The van der Waals surface area contributed by atoms with E-state index in [2.05, 4.69) is 4.52 Å². The third-order valence-electron chi connectivity index (χ3n) is 0.363. The smallest absolute Gasteiger partial charge is 0.431 e. The molecule has 2 nitrogen and oxygen atoms in total. The molecule has 0 aliphatic rings. The highest BCUT2D eigenvalue weighted by Crippen LogP contribution is 2.27. The lowest BCUT2D eigenvalue weighted by atomic mass is 10.7. The van der Waals surface area contributed by atoms with Gasteiger partial charge in [0.25, 0.3) is 0 Å². The highest BCUT2D eigenvalue weighted by molar-refractivity contribution is 14.2. The minimum absolute atomic E-state index is 0.488. The summed E-state index contributed by atoms with van der Waals surface area (Å²) in [6.07, 6.45) is -4.85. The first-order valence-corrected chi connectivity index (χ1v) is 5.64. The van der Waals surface area contributed by atoms with Gasteiger partial charge in [-0.05, 0) is 22.0 Å². The second kappa shape index (κ2) is 3.55.